The first-order valence-electron chi connectivity index (χ1n) is 5.92. The van der Waals surface area contributed by atoms with Gasteiger partial charge in [-0.25, -0.2) is 0 Å². The van der Waals surface area contributed by atoms with Crippen molar-refractivity contribution in [2.24, 2.45) is 0 Å². The molecule has 1 heterocycles. The summed E-state index contributed by atoms with van der Waals surface area (Å²) in [6.07, 6.45) is 5.49. The van der Waals surface area contributed by atoms with Gasteiger partial charge in [-0.2, -0.15) is 0 Å². The van der Waals surface area contributed by atoms with Crippen LogP contribution in [0.15, 0.2) is 0 Å². The van der Waals surface area contributed by atoms with Crippen LogP contribution in [-0.4, -0.2) is 24.5 Å². The van der Waals surface area contributed by atoms with Crippen molar-refractivity contribution in [2.45, 2.75) is 66.3 Å². The lowest BCUT2D eigenvalue weighted by atomic mass is 10.1. The van der Waals surface area contributed by atoms with Gasteiger partial charge in [0.2, 0.25) is 0 Å². The molecule has 1 heteroatoms. The lowest BCUT2D eigenvalue weighted by Crippen LogP contribution is -2.33. The van der Waals surface area contributed by atoms with Crippen LogP contribution in [-0.2, 0) is 0 Å². The van der Waals surface area contributed by atoms with Crippen LogP contribution in [0.1, 0.15) is 60.3 Å². The van der Waals surface area contributed by atoms with E-state index in [1.807, 2.05) is 13.8 Å². The lowest BCUT2D eigenvalue weighted by Gasteiger charge is -2.29. The third-order valence-electron chi connectivity index (χ3n) is 2.14. The molecule has 0 amide bonds. The summed E-state index contributed by atoms with van der Waals surface area (Å²) >= 11 is 0. The van der Waals surface area contributed by atoms with Gasteiger partial charge in [0, 0.05) is 6.04 Å². The second kappa shape index (κ2) is 12.0. The van der Waals surface area contributed by atoms with Crippen molar-refractivity contribution in [3.8, 4) is 0 Å². The van der Waals surface area contributed by atoms with Gasteiger partial charge in [-0.3, -0.25) is 0 Å². The van der Waals surface area contributed by atoms with Gasteiger partial charge in [0.05, 0.1) is 0 Å². The lowest BCUT2D eigenvalue weighted by molar-refractivity contribution is 0.200. The van der Waals surface area contributed by atoms with Gasteiger partial charge in [-0.1, -0.05) is 40.5 Å². The Bertz CT molecular complexity index is 71.2. The minimum atomic E-state index is 0.837. The number of rotatable bonds is 0. The first-order valence-corrected chi connectivity index (χ1v) is 5.92. The van der Waals surface area contributed by atoms with E-state index in [9.17, 15) is 0 Å². The van der Waals surface area contributed by atoms with Crippen LogP contribution < -0.4 is 0 Å². The van der Waals surface area contributed by atoms with Crippen LogP contribution in [0, 0.1) is 0 Å². The third-order valence-corrected chi connectivity index (χ3v) is 2.14. The Morgan fingerprint density at radius 3 is 1.85 bits per heavy atom. The zero-order valence-electron chi connectivity index (χ0n) is 10.6. The number of hydrogen-bond donors (Lipinski definition) is 0. The Morgan fingerprint density at radius 2 is 1.62 bits per heavy atom. The number of piperidine rings is 1. The SMILES string of the molecule is CC.CC1CCCCN1C.CCC. The van der Waals surface area contributed by atoms with E-state index in [4.69, 9.17) is 0 Å². The maximum atomic E-state index is 2.43. The smallest absolute Gasteiger partial charge is 0.00638 e. The summed E-state index contributed by atoms with van der Waals surface area (Å²) in [5.74, 6) is 0. The first kappa shape index (κ1) is 15.4. The predicted octanol–water partition coefficient (Wildman–Crippen LogP) is 3.93. The van der Waals surface area contributed by atoms with Crippen LogP contribution in [0.25, 0.3) is 0 Å². The van der Waals surface area contributed by atoms with Crippen LogP contribution in [0.4, 0.5) is 0 Å². The maximum absolute atomic E-state index is 2.43. The molecule has 1 aliphatic heterocycles. The summed E-state index contributed by atoms with van der Waals surface area (Å²) < 4.78 is 0. The molecular formula is C12H29N. The molecular weight excluding hydrogens is 158 g/mol. The normalized spacial score (nSPS) is 22.2. The summed E-state index contributed by atoms with van der Waals surface area (Å²) in [5.41, 5.74) is 0. The predicted molar refractivity (Wildman–Crippen MR) is 63.3 cm³/mol. The highest BCUT2D eigenvalue weighted by Crippen LogP contribution is 2.13. The molecule has 0 aromatic heterocycles. The second-order valence-electron chi connectivity index (χ2n) is 3.53. The molecule has 0 saturated carbocycles. The summed E-state index contributed by atoms with van der Waals surface area (Å²) in [6.45, 7) is 11.9. The van der Waals surface area contributed by atoms with Gasteiger partial charge in [-0.15, -0.1) is 0 Å². The molecule has 13 heavy (non-hydrogen) atoms. The Hall–Kier alpha value is -0.0400. The van der Waals surface area contributed by atoms with E-state index in [0.29, 0.717) is 0 Å². The van der Waals surface area contributed by atoms with E-state index in [-0.39, 0.29) is 0 Å². The average Bonchev–Trinajstić information content (AvgIpc) is 2.15. The molecule has 1 nitrogen and oxygen atoms in total. The molecule has 0 spiro atoms. The van der Waals surface area contributed by atoms with Gasteiger partial charge >= 0.3 is 0 Å². The van der Waals surface area contributed by atoms with Gasteiger partial charge in [0.15, 0.2) is 0 Å². The zero-order chi connectivity index (χ0) is 10.7. The Labute approximate surface area is 85.5 Å². The minimum Gasteiger partial charge on any atom is -0.304 e. The molecule has 1 atom stereocenters. The van der Waals surface area contributed by atoms with Gasteiger partial charge < -0.3 is 4.90 Å². The van der Waals surface area contributed by atoms with Crippen molar-refractivity contribution < 1.29 is 0 Å². The molecule has 82 valence electrons. The molecule has 1 aliphatic rings. The van der Waals surface area contributed by atoms with Gasteiger partial charge in [0.25, 0.3) is 0 Å². The fourth-order valence-corrected chi connectivity index (χ4v) is 1.24. The molecule has 0 radical (unpaired) electrons. The van der Waals surface area contributed by atoms with Gasteiger partial charge in [-0.05, 0) is 33.4 Å². The van der Waals surface area contributed by atoms with Crippen molar-refractivity contribution in [3.63, 3.8) is 0 Å². The van der Waals surface area contributed by atoms with Crippen molar-refractivity contribution in [2.75, 3.05) is 13.6 Å². The molecule has 0 N–H and O–H groups in total. The summed E-state index contributed by atoms with van der Waals surface area (Å²) in [5, 5.41) is 0. The van der Waals surface area contributed by atoms with E-state index in [1.165, 1.54) is 32.2 Å². The molecule has 1 rings (SSSR count). The van der Waals surface area contributed by atoms with E-state index in [2.05, 4.69) is 32.7 Å². The van der Waals surface area contributed by atoms with E-state index in [1.54, 1.807) is 0 Å². The standard InChI is InChI=1S/C7H15N.C3H8.C2H6/c1-7-5-3-4-6-8(7)2;1-3-2;1-2/h7H,3-6H2,1-2H3;3H2,1-2H3;1-2H3. The molecule has 1 saturated heterocycles. The van der Waals surface area contributed by atoms with E-state index in [0.717, 1.165) is 6.04 Å². The summed E-state index contributed by atoms with van der Waals surface area (Å²) in [6, 6.07) is 0.837. The highest BCUT2D eigenvalue weighted by molar-refractivity contribution is 4.68. The topological polar surface area (TPSA) is 3.24 Å². The Kier molecular flexibility index (Phi) is 14.2. The van der Waals surface area contributed by atoms with Crippen molar-refractivity contribution >= 4 is 0 Å². The fourth-order valence-electron chi connectivity index (χ4n) is 1.24. The Balaban J connectivity index is 0. The molecule has 0 aromatic rings. The monoisotopic (exact) mass is 187 g/mol. The molecule has 1 unspecified atom stereocenters. The van der Waals surface area contributed by atoms with Crippen LogP contribution in [0.5, 0.6) is 0 Å². The maximum Gasteiger partial charge on any atom is 0.00638 e. The summed E-state index contributed by atoms with van der Waals surface area (Å²) in [4.78, 5) is 2.43. The largest absolute Gasteiger partial charge is 0.304 e. The van der Waals surface area contributed by atoms with Gasteiger partial charge in [0.1, 0.15) is 0 Å². The molecule has 0 aromatic carbocycles. The Morgan fingerprint density at radius 1 is 1.15 bits per heavy atom. The molecule has 0 bridgehead atoms. The van der Waals surface area contributed by atoms with Crippen molar-refractivity contribution in [1.82, 2.24) is 4.90 Å². The summed E-state index contributed by atoms with van der Waals surface area (Å²) in [7, 11) is 2.21. The second-order valence-corrected chi connectivity index (χ2v) is 3.53. The number of nitrogens with zero attached hydrogens (tertiary/aromatic N) is 1. The van der Waals surface area contributed by atoms with Crippen LogP contribution in [0.3, 0.4) is 0 Å². The third kappa shape index (κ3) is 9.88. The van der Waals surface area contributed by atoms with Crippen LogP contribution >= 0.6 is 0 Å². The van der Waals surface area contributed by atoms with Crippen LogP contribution in [0.2, 0.25) is 0 Å². The van der Waals surface area contributed by atoms with Crippen molar-refractivity contribution in [3.05, 3.63) is 0 Å². The quantitative estimate of drug-likeness (QED) is 0.555. The highest BCUT2D eigenvalue weighted by Gasteiger charge is 2.12. The zero-order valence-corrected chi connectivity index (χ0v) is 10.6. The fraction of sp³-hybridized carbons (Fsp3) is 1.00. The molecule has 1 fully saturated rings. The average molecular weight is 187 g/mol. The number of likely N-dealkylation sites (tertiary alicyclic amines) is 1. The first-order chi connectivity index (χ1) is 6.22. The molecule has 0 aliphatic carbocycles. The van der Waals surface area contributed by atoms with E-state index >= 15 is 0 Å². The number of hydrogen-bond acceptors (Lipinski definition) is 1. The minimum absolute atomic E-state index is 0.837. The van der Waals surface area contributed by atoms with Crippen molar-refractivity contribution in [1.29, 1.82) is 0 Å². The highest BCUT2D eigenvalue weighted by atomic mass is 15.1. The van der Waals surface area contributed by atoms with E-state index < -0.39 is 0 Å².